The smallest absolute Gasteiger partial charge is 0.313 e. The van der Waals surface area contributed by atoms with E-state index in [-0.39, 0.29) is 24.3 Å². The Balaban J connectivity index is 2.32. The SMILES string of the molecule is C=CC[C@@]1(C)C[C@@H](C(=O)n2cc(CCC)c(CC(=O)OC)c2C)OC1=O. The first-order valence-corrected chi connectivity index (χ1v) is 8.90. The second-order valence-electron chi connectivity index (χ2n) is 7.08. The molecule has 1 aromatic heterocycles. The Morgan fingerprint density at radius 2 is 2.19 bits per heavy atom. The Morgan fingerprint density at radius 1 is 1.50 bits per heavy atom. The van der Waals surface area contributed by atoms with Crippen LogP contribution in [0.5, 0.6) is 0 Å². The van der Waals surface area contributed by atoms with Crippen LogP contribution in [0.3, 0.4) is 0 Å². The summed E-state index contributed by atoms with van der Waals surface area (Å²) in [5.74, 6) is -0.997. The fourth-order valence-corrected chi connectivity index (χ4v) is 3.46. The molecule has 0 amide bonds. The third-order valence-corrected chi connectivity index (χ3v) is 5.02. The molecular formula is C20H27NO5. The van der Waals surface area contributed by atoms with E-state index in [1.54, 1.807) is 26.1 Å². The topological polar surface area (TPSA) is 74.6 Å². The molecule has 142 valence electrons. The number of esters is 2. The van der Waals surface area contributed by atoms with Crippen LogP contribution in [0, 0.1) is 12.3 Å². The van der Waals surface area contributed by atoms with Gasteiger partial charge < -0.3 is 9.47 Å². The molecule has 1 aromatic rings. The molecule has 1 aliphatic heterocycles. The summed E-state index contributed by atoms with van der Waals surface area (Å²) in [6.45, 7) is 9.30. The van der Waals surface area contributed by atoms with Crippen LogP contribution in [0.15, 0.2) is 18.9 Å². The molecule has 0 N–H and O–H groups in total. The van der Waals surface area contributed by atoms with Gasteiger partial charge in [-0.3, -0.25) is 19.0 Å². The van der Waals surface area contributed by atoms with E-state index in [2.05, 4.69) is 6.58 Å². The van der Waals surface area contributed by atoms with Crippen LogP contribution >= 0.6 is 0 Å². The van der Waals surface area contributed by atoms with E-state index in [4.69, 9.17) is 9.47 Å². The minimum atomic E-state index is -0.820. The lowest BCUT2D eigenvalue weighted by atomic mass is 9.83. The van der Waals surface area contributed by atoms with E-state index in [9.17, 15) is 14.4 Å². The zero-order chi connectivity index (χ0) is 19.5. The molecule has 0 bridgehead atoms. The lowest BCUT2D eigenvalue weighted by molar-refractivity contribution is -0.147. The number of rotatable bonds is 7. The van der Waals surface area contributed by atoms with Gasteiger partial charge in [0.2, 0.25) is 0 Å². The standard InChI is InChI=1S/C20H27NO5/c1-6-8-14-12-21(13(3)15(14)10-17(22)25-5)18(23)16-11-20(4,9-7-2)19(24)26-16/h7,12,16H,2,6,8-11H2,1,3-5H3/t16-,20-/m0/s1. The summed E-state index contributed by atoms with van der Waals surface area (Å²) in [6, 6.07) is 0. The number of hydrogen-bond donors (Lipinski definition) is 0. The van der Waals surface area contributed by atoms with E-state index in [0.717, 1.165) is 24.0 Å². The Bertz CT molecular complexity index is 733. The number of methoxy groups -OCH3 is 1. The van der Waals surface area contributed by atoms with Crippen molar-refractivity contribution >= 4 is 17.8 Å². The number of carbonyl (C=O) groups excluding carboxylic acids is 3. The number of aromatic nitrogens is 1. The van der Waals surface area contributed by atoms with Gasteiger partial charge in [0.15, 0.2) is 6.10 Å². The van der Waals surface area contributed by atoms with Crippen molar-refractivity contribution in [2.45, 2.75) is 59.0 Å². The first kappa shape index (κ1) is 19.9. The Hall–Kier alpha value is -2.37. The summed E-state index contributed by atoms with van der Waals surface area (Å²) in [6.07, 6.45) is 5.17. The van der Waals surface area contributed by atoms with Gasteiger partial charge in [-0.25, -0.2) is 0 Å². The Kier molecular flexibility index (Phi) is 6.05. The van der Waals surface area contributed by atoms with Gasteiger partial charge in [-0.1, -0.05) is 19.4 Å². The van der Waals surface area contributed by atoms with Crippen LogP contribution in [0.25, 0.3) is 0 Å². The Morgan fingerprint density at radius 3 is 2.77 bits per heavy atom. The number of nitrogens with zero attached hydrogens (tertiary/aromatic N) is 1. The summed E-state index contributed by atoms with van der Waals surface area (Å²) in [4.78, 5) is 36.9. The molecule has 1 aliphatic rings. The number of allylic oxidation sites excluding steroid dienone is 1. The largest absolute Gasteiger partial charge is 0.469 e. The lowest BCUT2D eigenvalue weighted by Gasteiger charge is -2.15. The van der Waals surface area contributed by atoms with Crippen LogP contribution in [-0.2, 0) is 31.9 Å². The van der Waals surface area contributed by atoms with Crippen molar-refractivity contribution in [1.29, 1.82) is 0 Å². The maximum absolute atomic E-state index is 13.0. The van der Waals surface area contributed by atoms with E-state index >= 15 is 0 Å². The second-order valence-corrected chi connectivity index (χ2v) is 7.08. The summed E-state index contributed by atoms with van der Waals surface area (Å²) in [5, 5.41) is 0. The summed E-state index contributed by atoms with van der Waals surface area (Å²) < 4.78 is 11.6. The van der Waals surface area contributed by atoms with Crippen LogP contribution in [-0.4, -0.2) is 35.6 Å². The highest BCUT2D eigenvalue weighted by molar-refractivity contribution is 5.91. The molecule has 1 fully saturated rings. The highest BCUT2D eigenvalue weighted by atomic mass is 16.6. The van der Waals surface area contributed by atoms with Crippen molar-refractivity contribution < 1.29 is 23.9 Å². The minimum absolute atomic E-state index is 0.122. The maximum Gasteiger partial charge on any atom is 0.313 e. The monoisotopic (exact) mass is 361 g/mol. The van der Waals surface area contributed by atoms with Gasteiger partial charge in [0.25, 0.3) is 5.91 Å². The van der Waals surface area contributed by atoms with E-state index < -0.39 is 11.5 Å². The molecular weight excluding hydrogens is 334 g/mol. The first-order valence-electron chi connectivity index (χ1n) is 8.90. The van der Waals surface area contributed by atoms with Gasteiger partial charge in [-0.2, -0.15) is 0 Å². The zero-order valence-corrected chi connectivity index (χ0v) is 16.0. The lowest BCUT2D eigenvalue weighted by Crippen LogP contribution is -2.27. The van der Waals surface area contributed by atoms with Crippen LogP contribution < -0.4 is 0 Å². The van der Waals surface area contributed by atoms with Gasteiger partial charge in [0, 0.05) is 18.3 Å². The normalized spacial score (nSPS) is 22.2. The highest BCUT2D eigenvalue weighted by Crippen LogP contribution is 2.38. The predicted octanol–water partition coefficient (Wildman–Crippen LogP) is 3.00. The highest BCUT2D eigenvalue weighted by Gasteiger charge is 2.47. The van der Waals surface area contributed by atoms with Crippen molar-refractivity contribution in [2.75, 3.05) is 7.11 Å². The zero-order valence-electron chi connectivity index (χ0n) is 16.0. The van der Waals surface area contributed by atoms with Crippen molar-refractivity contribution in [3.8, 4) is 0 Å². The average Bonchev–Trinajstić information content (AvgIpc) is 3.06. The molecule has 6 heteroatoms. The molecule has 0 spiro atoms. The van der Waals surface area contributed by atoms with Crippen molar-refractivity contribution in [3.63, 3.8) is 0 Å². The predicted molar refractivity (Wildman–Crippen MR) is 96.9 cm³/mol. The molecule has 2 rings (SSSR count). The Labute approximate surface area is 154 Å². The summed E-state index contributed by atoms with van der Waals surface area (Å²) >= 11 is 0. The van der Waals surface area contributed by atoms with E-state index in [0.29, 0.717) is 18.5 Å². The molecule has 0 unspecified atom stereocenters. The van der Waals surface area contributed by atoms with Gasteiger partial charge in [-0.15, -0.1) is 6.58 Å². The van der Waals surface area contributed by atoms with Crippen LogP contribution in [0.1, 0.15) is 54.7 Å². The van der Waals surface area contributed by atoms with Gasteiger partial charge in [-0.05, 0) is 37.8 Å². The van der Waals surface area contributed by atoms with E-state index in [1.165, 1.54) is 11.7 Å². The molecule has 1 saturated heterocycles. The number of cyclic esters (lactones) is 1. The summed E-state index contributed by atoms with van der Waals surface area (Å²) in [7, 11) is 1.34. The van der Waals surface area contributed by atoms with Crippen molar-refractivity contribution in [3.05, 3.63) is 35.7 Å². The van der Waals surface area contributed by atoms with Crippen LogP contribution in [0.4, 0.5) is 0 Å². The maximum atomic E-state index is 13.0. The molecule has 0 aliphatic carbocycles. The summed E-state index contributed by atoms with van der Waals surface area (Å²) in [5.41, 5.74) is 1.73. The third-order valence-electron chi connectivity index (χ3n) is 5.02. The molecule has 2 heterocycles. The van der Waals surface area contributed by atoms with Crippen LogP contribution in [0.2, 0.25) is 0 Å². The number of hydrogen-bond acceptors (Lipinski definition) is 5. The second kappa shape index (κ2) is 7.89. The van der Waals surface area contributed by atoms with Gasteiger partial charge >= 0.3 is 11.9 Å². The fourth-order valence-electron chi connectivity index (χ4n) is 3.46. The fraction of sp³-hybridized carbons (Fsp3) is 0.550. The molecule has 0 saturated carbocycles. The third kappa shape index (κ3) is 3.74. The minimum Gasteiger partial charge on any atom is -0.469 e. The van der Waals surface area contributed by atoms with Crippen molar-refractivity contribution in [2.24, 2.45) is 5.41 Å². The first-order chi connectivity index (χ1) is 12.3. The van der Waals surface area contributed by atoms with Gasteiger partial charge in [0.05, 0.1) is 18.9 Å². The van der Waals surface area contributed by atoms with E-state index in [1.807, 2.05) is 6.92 Å². The molecule has 0 aromatic carbocycles. The molecule has 26 heavy (non-hydrogen) atoms. The molecule has 6 nitrogen and oxygen atoms in total. The van der Waals surface area contributed by atoms with Crippen molar-refractivity contribution in [1.82, 2.24) is 4.57 Å². The molecule has 2 atom stereocenters. The molecule has 0 radical (unpaired) electrons. The van der Waals surface area contributed by atoms with Gasteiger partial charge in [0.1, 0.15) is 0 Å². The number of ether oxygens (including phenoxy) is 2. The quantitative estimate of drug-likeness (QED) is 0.551. The number of carbonyl (C=O) groups is 3. The average molecular weight is 361 g/mol. The number of aryl methyl sites for hydroxylation is 1.